The van der Waals surface area contributed by atoms with Gasteiger partial charge in [-0.15, -0.1) is 11.3 Å². The summed E-state index contributed by atoms with van der Waals surface area (Å²) in [6, 6.07) is 6.40. The van der Waals surface area contributed by atoms with Crippen LogP contribution in [0.3, 0.4) is 0 Å². The third kappa shape index (κ3) is 2.93. The Morgan fingerprint density at radius 3 is 2.77 bits per heavy atom. The lowest BCUT2D eigenvalue weighted by molar-refractivity contribution is -0.140. The van der Waals surface area contributed by atoms with E-state index in [0.717, 1.165) is 17.7 Å². The predicted octanol–water partition coefficient (Wildman–Crippen LogP) is 2.74. The molecule has 4 rings (SSSR count). The molecule has 0 spiro atoms. The number of carbonyl (C=O) groups excluding carboxylic acids is 2. The maximum Gasteiger partial charge on any atom is 0.295 e. The van der Waals surface area contributed by atoms with Crippen LogP contribution < -0.4 is 0 Å². The van der Waals surface area contributed by atoms with Crippen molar-refractivity contribution in [2.24, 2.45) is 0 Å². The van der Waals surface area contributed by atoms with E-state index in [2.05, 4.69) is 4.98 Å². The molecular weight excluding hydrogens is 352 g/mol. The average Bonchev–Trinajstić information content (AvgIpc) is 3.41. The number of likely N-dealkylation sites (tertiary alicyclic amines) is 1. The molecule has 2 atom stereocenters. The highest BCUT2D eigenvalue weighted by atomic mass is 32.1. The standard InChI is InChI=1S/C19H18N2O4S/c22-17(12-5-7-20-8-6-12)15-16(14-4-2-10-26-14)21(19(24)18(15)23)11-13-3-1-9-25-13/h2,4-8,10,13,16,22H,1,3,9,11H2/b17-15-. The van der Waals surface area contributed by atoms with Crippen LogP contribution in [-0.2, 0) is 14.3 Å². The van der Waals surface area contributed by atoms with Crippen LogP contribution >= 0.6 is 11.3 Å². The molecule has 2 unspecified atom stereocenters. The number of thiophene rings is 1. The lowest BCUT2D eigenvalue weighted by Gasteiger charge is -2.26. The van der Waals surface area contributed by atoms with Gasteiger partial charge in [0.05, 0.1) is 17.7 Å². The Labute approximate surface area is 154 Å². The average molecular weight is 370 g/mol. The van der Waals surface area contributed by atoms with Crippen LogP contribution in [0.15, 0.2) is 47.6 Å². The Morgan fingerprint density at radius 1 is 1.31 bits per heavy atom. The first-order valence-electron chi connectivity index (χ1n) is 8.50. The number of aliphatic hydroxyl groups is 1. The van der Waals surface area contributed by atoms with Gasteiger partial charge in [-0.2, -0.15) is 0 Å². The van der Waals surface area contributed by atoms with E-state index in [-0.39, 0.29) is 17.4 Å². The van der Waals surface area contributed by atoms with Crippen LogP contribution in [0.1, 0.15) is 29.3 Å². The Hall–Kier alpha value is -2.51. The molecule has 2 fully saturated rings. The number of pyridine rings is 1. The van der Waals surface area contributed by atoms with E-state index in [0.29, 0.717) is 18.7 Å². The molecule has 2 saturated heterocycles. The highest BCUT2D eigenvalue weighted by Gasteiger charge is 2.47. The van der Waals surface area contributed by atoms with Crippen molar-refractivity contribution in [3.8, 4) is 0 Å². The van der Waals surface area contributed by atoms with Crippen molar-refractivity contribution >= 4 is 28.8 Å². The first kappa shape index (κ1) is 16.9. The fraction of sp³-hybridized carbons (Fsp3) is 0.316. The van der Waals surface area contributed by atoms with Gasteiger partial charge in [0.25, 0.3) is 11.7 Å². The van der Waals surface area contributed by atoms with Crippen LogP contribution in [0.25, 0.3) is 5.76 Å². The summed E-state index contributed by atoms with van der Waals surface area (Å²) in [7, 11) is 0. The number of ketones is 1. The van der Waals surface area contributed by atoms with Gasteiger partial charge in [-0.1, -0.05) is 6.07 Å². The van der Waals surface area contributed by atoms with Gasteiger partial charge in [0.1, 0.15) is 5.76 Å². The smallest absolute Gasteiger partial charge is 0.295 e. The number of aliphatic hydroxyl groups excluding tert-OH is 1. The van der Waals surface area contributed by atoms with E-state index in [1.54, 1.807) is 12.1 Å². The zero-order chi connectivity index (χ0) is 18.1. The second-order valence-corrected chi connectivity index (χ2v) is 7.32. The summed E-state index contributed by atoms with van der Waals surface area (Å²) in [6.07, 6.45) is 4.83. The Balaban J connectivity index is 1.79. The van der Waals surface area contributed by atoms with Gasteiger partial charge in [0, 0.05) is 36.0 Å². The molecule has 7 heteroatoms. The molecule has 0 saturated carbocycles. The Bertz CT molecular complexity index is 842. The maximum atomic E-state index is 12.7. The number of Topliss-reactive ketones (excluding diaryl/α,β-unsaturated/α-hetero) is 1. The van der Waals surface area contributed by atoms with Crippen LogP contribution in [-0.4, -0.2) is 45.9 Å². The summed E-state index contributed by atoms with van der Waals surface area (Å²) in [6.45, 7) is 1.02. The van der Waals surface area contributed by atoms with E-state index in [9.17, 15) is 14.7 Å². The van der Waals surface area contributed by atoms with Crippen molar-refractivity contribution in [2.45, 2.75) is 25.0 Å². The SMILES string of the molecule is O=C1C(=O)N(CC2CCCO2)C(c2cccs2)/C1=C(/O)c1ccncc1. The van der Waals surface area contributed by atoms with Crippen molar-refractivity contribution in [3.63, 3.8) is 0 Å². The van der Waals surface area contributed by atoms with E-state index in [4.69, 9.17) is 4.74 Å². The van der Waals surface area contributed by atoms with E-state index >= 15 is 0 Å². The van der Waals surface area contributed by atoms with Crippen molar-refractivity contribution in [1.82, 2.24) is 9.88 Å². The molecule has 1 N–H and O–H groups in total. The van der Waals surface area contributed by atoms with Gasteiger partial charge in [0.15, 0.2) is 0 Å². The summed E-state index contributed by atoms with van der Waals surface area (Å²) >= 11 is 1.46. The molecule has 0 aromatic carbocycles. The number of amides is 1. The number of nitrogens with zero attached hydrogens (tertiary/aromatic N) is 2. The number of rotatable bonds is 4. The van der Waals surface area contributed by atoms with Gasteiger partial charge in [0.2, 0.25) is 0 Å². The van der Waals surface area contributed by atoms with Gasteiger partial charge in [-0.3, -0.25) is 14.6 Å². The van der Waals surface area contributed by atoms with Crippen LogP contribution in [0.2, 0.25) is 0 Å². The minimum Gasteiger partial charge on any atom is -0.507 e. The molecule has 134 valence electrons. The number of ether oxygens (including phenoxy) is 1. The minimum atomic E-state index is -0.657. The molecule has 0 aliphatic carbocycles. The molecule has 2 aliphatic rings. The quantitative estimate of drug-likeness (QED) is 0.509. The lowest BCUT2D eigenvalue weighted by Crippen LogP contribution is -2.36. The molecule has 26 heavy (non-hydrogen) atoms. The minimum absolute atomic E-state index is 0.0726. The van der Waals surface area contributed by atoms with Gasteiger partial charge in [-0.05, 0) is 36.4 Å². The first-order chi connectivity index (χ1) is 12.7. The van der Waals surface area contributed by atoms with Crippen LogP contribution in [0.4, 0.5) is 0 Å². The van der Waals surface area contributed by atoms with Crippen molar-refractivity contribution in [3.05, 3.63) is 58.1 Å². The van der Waals surface area contributed by atoms with E-state index in [1.165, 1.54) is 28.6 Å². The van der Waals surface area contributed by atoms with E-state index < -0.39 is 17.7 Å². The van der Waals surface area contributed by atoms with E-state index in [1.807, 2.05) is 17.5 Å². The summed E-state index contributed by atoms with van der Waals surface area (Å²) in [4.78, 5) is 31.8. The van der Waals surface area contributed by atoms with Gasteiger partial charge >= 0.3 is 0 Å². The zero-order valence-corrected chi connectivity index (χ0v) is 14.8. The van der Waals surface area contributed by atoms with Crippen molar-refractivity contribution < 1.29 is 19.4 Å². The fourth-order valence-electron chi connectivity index (χ4n) is 3.48. The predicted molar refractivity (Wildman–Crippen MR) is 96.5 cm³/mol. The monoisotopic (exact) mass is 370 g/mol. The molecule has 2 aliphatic heterocycles. The molecule has 1 amide bonds. The second kappa shape index (κ2) is 7.01. The maximum absolute atomic E-state index is 12.7. The second-order valence-electron chi connectivity index (χ2n) is 6.34. The van der Waals surface area contributed by atoms with Crippen LogP contribution in [0.5, 0.6) is 0 Å². The zero-order valence-electron chi connectivity index (χ0n) is 14.0. The number of aromatic nitrogens is 1. The summed E-state index contributed by atoms with van der Waals surface area (Å²) in [5, 5.41) is 12.7. The number of hydrogen-bond acceptors (Lipinski definition) is 6. The summed E-state index contributed by atoms with van der Waals surface area (Å²) in [5.41, 5.74) is 0.596. The van der Waals surface area contributed by atoms with Gasteiger partial charge < -0.3 is 14.7 Å². The largest absolute Gasteiger partial charge is 0.507 e. The Kier molecular flexibility index (Phi) is 4.57. The summed E-state index contributed by atoms with van der Waals surface area (Å²) in [5.74, 6) is -1.41. The van der Waals surface area contributed by atoms with Crippen molar-refractivity contribution in [1.29, 1.82) is 0 Å². The van der Waals surface area contributed by atoms with Crippen LogP contribution in [0, 0.1) is 0 Å². The topological polar surface area (TPSA) is 79.7 Å². The molecule has 0 bridgehead atoms. The summed E-state index contributed by atoms with van der Waals surface area (Å²) < 4.78 is 5.66. The fourth-order valence-corrected chi connectivity index (χ4v) is 4.33. The molecular formula is C19H18N2O4S. The first-order valence-corrected chi connectivity index (χ1v) is 9.38. The lowest BCUT2D eigenvalue weighted by atomic mass is 10.0. The molecule has 4 heterocycles. The number of carbonyl (C=O) groups is 2. The highest BCUT2D eigenvalue weighted by molar-refractivity contribution is 7.10. The number of hydrogen-bond donors (Lipinski definition) is 1. The molecule has 0 radical (unpaired) electrons. The third-order valence-electron chi connectivity index (χ3n) is 4.73. The van der Waals surface area contributed by atoms with Crippen molar-refractivity contribution in [2.75, 3.05) is 13.2 Å². The Morgan fingerprint density at radius 2 is 2.12 bits per heavy atom. The molecule has 2 aromatic heterocycles. The highest BCUT2D eigenvalue weighted by Crippen LogP contribution is 2.41. The molecule has 6 nitrogen and oxygen atoms in total. The third-order valence-corrected chi connectivity index (χ3v) is 5.66. The molecule has 2 aromatic rings. The normalized spacial score (nSPS) is 25.2. The van der Waals surface area contributed by atoms with Gasteiger partial charge in [-0.25, -0.2) is 0 Å².